The number of carbonyl (C=O) groups excluding carboxylic acids is 3. The maximum Gasteiger partial charge on any atom is 0.220 e. The zero-order valence-electron chi connectivity index (χ0n) is 22.1. The largest absolute Gasteiger partial charge is 0.496 e. The normalized spacial score (nSPS) is 12.5. The molecular formula is C31H33N3O5. The Morgan fingerprint density at radius 2 is 1.69 bits per heavy atom. The van der Waals surface area contributed by atoms with E-state index in [0.29, 0.717) is 17.7 Å². The molecule has 39 heavy (non-hydrogen) atoms. The van der Waals surface area contributed by atoms with Crippen molar-refractivity contribution in [2.24, 2.45) is 11.7 Å². The molecule has 4 aromatic rings. The van der Waals surface area contributed by atoms with Crippen LogP contribution in [0.25, 0.3) is 10.9 Å². The van der Waals surface area contributed by atoms with Crippen molar-refractivity contribution in [3.63, 3.8) is 0 Å². The first-order valence-corrected chi connectivity index (χ1v) is 12.8. The minimum atomic E-state index is -0.726. The summed E-state index contributed by atoms with van der Waals surface area (Å²) in [7, 11) is 1.60. The third-order valence-electron chi connectivity index (χ3n) is 6.80. The highest BCUT2D eigenvalue weighted by Gasteiger charge is 2.29. The number of ether oxygens (including phenoxy) is 2. The van der Waals surface area contributed by atoms with E-state index in [1.54, 1.807) is 37.6 Å². The average molecular weight is 528 g/mol. The molecule has 1 heterocycles. The van der Waals surface area contributed by atoms with Gasteiger partial charge in [0, 0.05) is 41.7 Å². The van der Waals surface area contributed by atoms with Gasteiger partial charge < -0.3 is 25.5 Å². The van der Waals surface area contributed by atoms with Crippen LogP contribution in [0.2, 0.25) is 0 Å². The van der Waals surface area contributed by atoms with Crippen LogP contribution in [0, 0.1) is 5.92 Å². The number of nitrogens with one attached hydrogen (secondary N) is 2. The molecule has 0 radical (unpaired) electrons. The maximum atomic E-state index is 13.4. The van der Waals surface area contributed by atoms with E-state index in [1.165, 1.54) is 6.92 Å². The molecule has 0 fully saturated rings. The fraction of sp³-hybridized carbons (Fsp3) is 0.258. The van der Waals surface area contributed by atoms with E-state index in [-0.39, 0.29) is 37.0 Å². The smallest absolute Gasteiger partial charge is 0.220 e. The van der Waals surface area contributed by atoms with Gasteiger partial charge in [-0.2, -0.15) is 0 Å². The Labute approximate surface area is 227 Å². The van der Waals surface area contributed by atoms with E-state index in [9.17, 15) is 14.4 Å². The van der Waals surface area contributed by atoms with Gasteiger partial charge in [0.25, 0.3) is 0 Å². The van der Waals surface area contributed by atoms with E-state index < -0.39 is 12.0 Å². The topological polar surface area (TPSA) is 124 Å². The fourth-order valence-electron chi connectivity index (χ4n) is 4.54. The van der Waals surface area contributed by atoms with Crippen LogP contribution in [-0.2, 0) is 16.0 Å². The number of aromatic nitrogens is 1. The molecule has 4 rings (SSSR count). The van der Waals surface area contributed by atoms with E-state index >= 15 is 0 Å². The highest BCUT2D eigenvalue weighted by Crippen LogP contribution is 2.28. The molecule has 1 aromatic heterocycles. The summed E-state index contributed by atoms with van der Waals surface area (Å²) in [5, 5.41) is 3.82. The number of methoxy groups -OCH3 is 1. The van der Waals surface area contributed by atoms with Gasteiger partial charge in [-0.15, -0.1) is 0 Å². The van der Waals surface area contributed by atoms with Crippen molar-refractivity contribution in [3.8, 4) is 11.5 Å². The molecule has 0 spiro atoms. The molecule has 1 amide bonds. The van der Waals surface area contributed by atoms with Gasteiger partial charge in [0.1, 0.15) is 18.1 Å². The van der Waals surface area contributed by atoms with Crippen LogP contribution in [-0.4, -0.2) is 42.7 Å². The molecule has 2 atom stereocenters. The predicted octanol–water partition coefficient (Wildman–Crippen LogP) is 4.39. The average Bonchev–Trinajstić information content (AvgIpc) is 3.39. The number of Topliss-reactive ketones (excluding diaryl/α,β-unsaturated/α-hetero) is 2. The van der Waals surface area contributed by atoms with Crippen molar-refractivity contribution < 1.29 is 23.9 Å². The summed E-state index contributed by atoms with van der Waals surface area (Å²) in [6, 6.07) is 21.2. The first-order chi connectivity index (χ1) is 18.9. The zero-order valence-corrected chi connectivity index (χ0v) is 22.1. The molecule has 0 saturated carbocycles. The van der Waals surface area contributed by atoms with Gasteiger partial charge in [-0.3, -0.25) is 14.4 Å². The van der Waals surface area contributed by atoms with Crippen LogP contribution in [0.1, 0.15) is 40.9 Å². The number of amides is 1. The number of hydrogen-bond acceptors (Lipinski definition) is 6. The summed E-state index contributed by atoms with van der Waals surface area (Å²) < 4.78 is 11.1. The summed E-state index contributed by atoms with van der Waals surface area (Å²) in [5.41, 5.74) is 9.86. The number of aryl methyl sites for hydroxylation is 1. The molecule has 0 aliphatic heterocycles. The molecule has 3 aromatic carbocycles. The SMILES string of the molecule is COc1ccccc1CCC(=O)NCC(C(=O)COc1ccc(C(C)=O)cc1)C(N)c1c[nH]c2ccccc12. The summed E-state index contributed by atoms with van der Waals surface area (Å²) in [4.78, 5) is 40.9. The van der Waals surface area contributed by atoms with Crippen molar-refractivity contribution in [3.05, 3.63) is 95.7 Å². The summed E-state index contributed by atoms with van der Waals surface area (Å²) >= 11 is 0. The first-order valence-electron chi connectivity index (χ1n) is 12.8. The van der Waals surface area contributed by atoms with Crippen LogP contribution in [0.15, 0.2) is 79.0 Å². The van der Waals surface area contributed by atoms with E-state index in [2.05, 4.69) is 10.3 Å². The number of nitrogens with two attached hydrogens (primary N) is 1. The second kappa shape index (κ2) is 12.9. The quantitative estimate of drug-likeness (QED) is 0.222. The van der Waals surface area contributed by atoms with Crippen molar-refractivity contribution >= 4 is 28.4 Å². The number of hydrogen-bond donors (Lipinski definition) is 3. The van der Waals surface area contributed by atoms with E-state index in [0.717, 1.165) is 27.8 Å². The van der Waals surface area contributed by atoms with Crippen LogP contribution in [0.5, 0.6) is 11.5 Å². The standard InChI is InChI=1S/C31H33N3O5/c1-20(35)21-11-14-23(15-12-21)39-19-28(36)26(31(32)25-17-33-27-9-5-4-8-24(25)27)18-34-30(37)16-13-22-7-3-6-10-29(22)38-2/h3-12,14-15,17,26,31,33H,13,16,18-19,32H2,1-2H3,(H,34,37). The number of H-pyrrole nitrogens is 1. The van der Waals surface area contributed by atoms with Gasteiger partial charge in [-0.1, -0.05) is 36.4 Å². The summed E-state index contributed by atoms with van der Waals surface area (Å²) in [6.07, 6.45) is 2.55. The Bertz CT molecular complexity index is 1440. The lowest BCUT2D eigenvalue weighted by molar-refractivity contribution is -0.126. The fourth-order valence-corrected chi connectivity index (χ4v) is 4.54. The Morgan fingerprint density at radius 3 is 2.44 bits per heavy atom. The Hall–Kier alpha value is -4.43. The highest BCUT2D eigenvalue weighted by atomic mass is 16.5. The van der Waals surface area contributed by atoms with Crippen LogP contribution in [0.3, 0.4) is 0 Å². The van der Waals surface area contributed by atoms with Crippen molar-refractivity contribution in [2.45, 2.75) is 25.8 Å². The van der Waals surface area contributed by atoms with E-state index in [1.807, 2.05) is 48.5 Å². The number of benzene rings is 3. The van der Waals surface area contributed by atoms with Crippen molar-refractivity contribution in [2.75, 3.05) is 20.3 Å². The molecule has 0 aliphatic rings. The molecular weight excluding hydrogens is 494 g/mol. The molecule has 8 nitrogen and oxygen atoms in total. The van der Waals surface area contributed by atoms with Crippen molar-refractivity contribution in [1.82, 2.24) is 10.3 Å². The second-order valence-corrected chi connectivity index (χ2v) is 9.37. The van der Waals surface area contributed by atoms with Gasteiger partial charge in [0.15, 0.2) is 11.6 Å². The lowest BCUT2D eigenvalue weighted by atomic mass is 9.90. The minimum absolute atomic E-state index is 0.0520. The molecule has 2 unspecified atom stereocenters. The Morgan fingerprint density at radius 1 is 0.974 bits per heavy atom. The lowest BCUT2D eigenvalue weighted by Gasteiger charge is -2.23. The van der Waals surface area contributed by atoms with Crippen LogP contribution in [0.4, 0.5) is 0 Å². The van der Waals surface area contributed by atoms with Gasteiger partial charge in [-0.05, 0) is 60.9 Å². The molecule has 202 valence electrons. The number of para-hydroxylation sites is 2. The molecule has 4 N–H and O–H groups in total. The van der Waals surface area contributed by atoms with Gasteiger partial charge in [-0.25, -0.2) is 0 Å². The third-order valence-corrected chi connectivity index (χ3v) is 6.80. The number of carbonyl (C=O) groups is 3. The van der Waals surface area contributed by atoms with Crippen molar-refractivity contribution in [1.29, 1.82) is 0 Å². The third kappa shape index (κ3) is 6.91. The molecule has 8 heteroatoms. The van der Waals surface area contributed by atoms with Crippen LogP contribution >= 0.6 is 0 Å². The number of rotatable bonds is 13. The van der Waals surface area contributed by atoms with Crippen LogP contribution < -0.4 is 20.5 Å². The summed E-state index contributed by atoms with van der Waals surface area (Å²) in [5.74, 6) is -0.0133. The molecule has 0 bridgehead atoms. The minimum Gasteiger partial charge on any atom is -0.496 e. The monoisotopic (exact) mass is 527 g/mol. The lowest BCUT2D eigenvalue weighted by Crippen LogP contribution is -2.40. The maximum absolute atomic E-state index is 13.4. The van der Waals surface area contributed by atoms with Gasteiger partial charge in [0.05, 0.1) is 13.0 Å². The highest BCUT2D eigenvalue weighted by molar-refractivity contribution is 5.94. The second-order valence-electron chi connectivity index (χ2n) is 9.37. The first kappa shape index (κ1) is 27.6. The van der Waals surface area contributed by atoms with E-state index in [4.69, 9.17) is 15.2 Å². The predicted molar refractivity (Wildman–Crippen MR) is 150 cm³/mol. The Balaban J connectivity index is 1.45. The number of aromatic amines is 1. The zero-order chi connectivity index (χ0) is 27.8. The molecule has 0 aliphatic carbocycles. The Kier molecular flexibility index (Phi) is 9.12. The van der Waals surface area contributed by atoms with Gasteiger partial charge >= 0.3 is 0 Å². The molecule has 0 saturated heterocycles. The summed E-state index contributed by atoms with van der Waals surface area (Å²) in [6.45, 7) is 1.33. The van der Waals surface area contributed by atoms with Gasteiger partial charge in [0.2, 0.25) is 5.91 Å². The number of fused-ring (bicyclic) bond motifs is 1. The number of ketones is 2.